The van der Waals surface area contributed by atoms with Gasteiger partial charge < -0.3 is 29.0 Å². The van der Waals surface area contributed by atoms with Crippen LogP contribution in [0.1, 0.15) is 10.4 Å². The normalized spacial score (nSPS) is 12.1. The van der Waals surface area contributed by atoms with Gasteiger partial charge in [0.25, 0.3) is 11.5 Å². The van der Waals surface area contributed by atoms with Crippen LogP contribution in [0.3, 0.4) is 0 Å². The molecule has 218 valence electrons. The molecule has 0 spiro atoms. The SMILES string of the molecule is COc1cc2ncnc(Oc3ccc(NC(=O)c4c(OC)ccn(-c5ccc(F)cc5)c4=O)cc3F)c2c2c1OCCO2. The first-order valence-corrected chi connectivity index (χ1v) is 12.8. The fourth-order valence-corrected chi connectivity index (χ4v) is 4.57. The zero-order valence-electron chi connectivity index (χ0n) is 22.7. The summed E-state index contributed by atoms with van der Waals surface area (Å²) >= 11 is 0. The summed E-state index contributed by atoms with van der Waals surface area (Å²) in [6.45, 7) is 0.586. The number of rotatable bonds is 7. The number of anilines is 1. The molecule has 0 fully saturated rings. The largest absolute Gasteiger partial charge is 0.496 e. The second-order valence-corrected chi connectivity index (χ2v) is 9.12. The molecule has 1 amide bonds. The van der Waals surface area contributed by atoms with Crippen molar-refractivity contribution in [2.75, 3.05) is 32.8 Å². The van der Waals surface area contributed by atoms with Gasteiger partial charge in [0, 0.05) is 29.7 Å². The first kappa shape index (κ1) is 27.4. The highest BCUT2D eigenvalue weighted by Crippen LogP contribution is 2.47. The summed E-state index contributed by atoms with van der Waals surface area (Å²) in [5.41, 5.74) is -0.237. The highest BCUT2D eigenvalue weighted by Gasteiger charge is 2.26. The molecule has 1 N–H and O–H groups in total. The predicted molar refractivity (Wildman–Crippen MR) is 150 cm³/mol. The second-order valence-electron chi connectivity index (χ2n) is 9.12. The van der Waals surface area contributed by atoms with Crippen molar-refractivity contribution in [3.63, 3.8) is 0 Å². The number of hydrogen-bond acceptors (Lipinski definition) is 9. The molecule has 0 atom stereocenters. The number of nitrogens with zero attached hydrogens (tertiary/aromatic N) is 3. The number of carbonyl (C=O) groups excluding carboxylic acids is 1. The molecular formula is C30H22F2N4O7. The van der Waals surface area contributed by atoms with Crippen LogP contribution in [0.5, 0.6) is 34.6 Å². The third kappa shape index (κ3) is 5.12. The minimum absolute atomic E-state index is 0.00286. The van der Waals surface area contributed by atoms with Crippen LogP contribution in [0.25, 0.3) is 16.6 Å². The quantitative estimate of drug-likeness (QED) is 0.283. The van der Waals surface area contributed by atoms with Crippen LogP contribution in [0, 0.1) is 11.6 Å². The van der Waals surface area contributed by atoms with Crippen molar-refractivity contribution in [2.24, 2.45) is 0 Å². The smallest absolute Gasteiger partial charge is 0.271 e. The maximum atomic E-state index is 15.3. The van der Waals surface area contributed by atoms with Crippen molar-refractivity contribution in [3.05, 3.63) is 94.7 Å². The molecule has 0 saturated heterocycles. The number of hydrogen-bond donors (Lipinski definition) is 1. The van der Waals surface area contributed by atoms with E-state index in [1.807, 2.05) is 0 Å². The van der Waals surface area contributed by atoms with Gasteiger partial charge in [-0.05, 0) is 42.5 Å². The van der Waals surface area contributed by atoms with Crippen molar-refractivity contribution >= 4 is 22.5 Å². The topological polar surface area (TPSA) is 123 Å². The van der Waals surface area contributed by atoms with Gasteiger partial charge in [-0.2, -0.15) is 0 Å². The van der Waals surface area contributed by atoms with Crippen LogP contribution in [-0.2, 0) is 0 Å². The number of nitrogens with one attached hydrogen (secondary N) is 1. The van der Waals surface area contributed by atoms with Crippen molar-refractivity contribution in [1.82, 2.24) is 14.5 Å². The number of methoxy groups -OCH3 is 2. The van der Waals surface area contributed by atoms with E-state index in [1.165, 1.54) is 73.8 Å². The molecule has 1 aliphatic rings. The van der Waals surface area contributed by atoms with E-state index in [0.29, 0.717) is 40.4 Å². The summed E-state index contributed by atoms with van der Waals surface area (Å²) in [5, 5.41) is 2.88. The number of pyridine rings is 1. The molecule has 3 aromatic carbocycles. The maximum absolute atomic E-state index is 15.3. The van der Waals surface area contributed by atoms with E-state index in [2.05, 4.69) is 15.3 Å². The lowest BCUT2D eigenvalue weighted by Gasteiger charge is -2.22. The molecule has 5 aromatic rings. The lowest BCUT2D eigenvalue weighted by atomic mass is 10.1. The van der Waals surface area contributed by atoms with E-state index >= 15 is 4.39 Å². The molecule has 11 nitrogen and oxygen atoms in total. The van der Waals surface area contributed by atoms with Gasteiger partial charge in [0.05, 0.1) is 19.7 Å². The number of aromatic nitrogens is 3. The van der Waals surface area contributed by atoms with Crippen LogP contribution in [0.2, 0.25) is 0 Å². The summed E-state index contributed by atoms with van der Waals surface area (Å²) in [6.07, 6.45) is 2.66. The molecule has 1 aliphatic heterocycles. The van der Waals surface area contributed by atoms with Gasteiger partial charge >= 0.3 is 0 Å². The number of halogens is 2. The standard InChI is InChI=1S/C30H22F2N4O7/c1-39-22-9-10-36(18-6-3-16(31)4-7-18)30(38)25(22)28(37)35-17-5-8-21(19(32)13-17)43-29-24-20(33-15-34-29)14-23(40-2)26-27(24)42-12-11-41-26/h3-10,13-15H,11-12H2,1-2H3,(H,35,37). The number of fused-ring (bicyclic) bond motifs is 3. The Morgan fingerprint density at radius 3 is 2.37 bits per heavy atom. The third-order valence-electron chi connectivity index (χ3n) is 6.56. The second kappa shape index (κ2) is 11.3. The van der Waals surface area contributed by atoms with Gasteiger partial charge in [0.15, 0.2) is 23.1 Å². The zero-order chi connectivity index (χ0) is 30.1. The Hall–Kier alpha value is -5.72. The molecule has 13 heteroatoms. The molecule has 0 aliphatic carbocycles. The molecule has 0 saturated carbocycles. The zero-order valence-corrected chi connectivity index (χ0v) is 22.7. The Balaban J connectivity index is 1.29. The van der Waals surface area contributed by atoms with E-state index in [4.69, 9.17) is 23.7 Å². The Kier molecular flexibility index (Phi) is 7.20. The minimum Gasteiger partial charge on any atom is -0.496 e. The van der Waals surface area contributed by atoms with Crippen molar-refractivity contribution in [3.8, 4) is 40.3 Å². The molecule has 3 heterocycles. The molecule has 0 unspecified atom stereocenters. The Morgan fingerprint density at radius 1 is 0.907 bits per heavy atom. The highest BCUT2D eigenvalue weighted by atomic mass is 19.1. The van der Waals surface area contributed by atoms with Gasteiger partial charge in [0.2, 0.25) is 11.6 Å². The van der Waals surface area contributed by atoms with E-state index < -0.39 is 23.1 Å². The summed E-state index contributed by atoms with van der Waals surface area (Å²) in [5.74, 6) is -1.25. The van der Waals surface area contributed by atoms with Crippen LogP contribution in [0.15, 0.2) is 71.9 Å². The van der Waals surface area contributed by atoms with E-state index in [-0.39, 0.29) is 35.2 Å². The average molecular weight is 589 g/mol. The molecular weight excluding hydrogens is 566 g/mol. The average Bonchev–Trinajstić information content (AvgIpc) is 3.02. The minimum atomic E-state index is -0.842. The van der Waals surface area contributed by atoms with E-state index in [1.54, 1.807) is 6.07 Å². The van der Waals surface area contributed by atoms with Crippen LogP contribution in [0.4, 0.5) is 14.5 Å². The first-order valence-electron chi connectivity index (χ1n) is 12.8. The molecule has 2 aromatic heterocycles. The number of carbonyl (C=O) groups is 1. The van der Waals surface area contributed by atoms with Crippen molar-refractivity contribution in [1.29, 1.82) is 0 Å². The van der Waals surface area contributed by atoms with Crippen molar-refractivity contribution in [2.45, 2.75) is 0 Å². The lowest BCUT2D eigenvalue weighted by molar-refractivity contribution is 0.102. The monoisotopic (exact) mass is 588 g/mol. The summed E-state index contributed by atoms with van der Waals surface area (Å²) < 4.78 is 57.8. The van der Waals surface area contributed by atoms with Gasteiger partial charge in [-0.1, -0.05) is 0 Å². The maximum Gasteiger partial charge on any atom is 0.271 e. The van der Waals surface area contributed by atoms with Gasteiger partial charge in [-0.15, -0.1) is 0 Å². The van der Waals surface area contributed by atoms with Gasteiger partial charge in [-0.3, -0.25) is 14.2 Å². The Labute approximate surface area is 242 Å². The first-order chi connectivity index (χ1) is 20.9. The summed E-state index contributed by atoms with van der Waals surface area (Å²) in [6, 6.07) is 11.9. The van der Waals surface area contributed by atoms with Crippen LogP contribution < -0.4 is 34.6 Å². The summed E-state index contributed by atoms with van der Waals surface area (Å²) in [4.78, 5) is 34.9. The summed E-state index contributed by atoms with van der Waals surface area (Å²) in [7, 11) is 2.80. The fourth-order valence-electron chi connectivity index (χ4n) is 4.57. The Bertz CT molecular complexity index is 1930. The van der Waals surface area contributed by atoms with Crippen LogP contribution >= 0.6 is 0 Å². The van der Waals surface area contributed by atoms with Crippen LogP contribution in [-0.4, -0.2) is 47.9 Å². The van der Waals surface area contributed by atoms with Gasteiger partial charge in [0.1, 0.15) is 42.1 Å². The lowest BCUT2D eigenvalue weighted by Crippen LogP contribution is -2.29. The number of ether oxygens (including phenoxy) is 5. The van der Waals surface area contributed by atoms with Crippen molar-refractivity contribution < 1.29 is 37.3 Å². The van der Waals surface area contributed by atoms with E-state index in [9.17, 15) is 14.0 Å². The number of amides is 1. The third-order valence-corrected chi connectivity index (χ3v) is 6.56. The molecule has 43 heavy (non-hydrogen) atoms. The van der Waals surface area contributed by atoms with Gasteiger partial charge in [-0.25, -0.2) is 18.7 Å². The highest BCUT2D eigenvalue weighted by molar-refractivity contribution is 6.06. The Morgan fingerprint density at radius 2 is 1.65 bits per heavy atom. The molecule has 0 radical (unpaired) electrons. The molecule has 0 bridgehead atoms. The predicted octanol–water partition coefficient (Wildman–Crippen LogP) is 4.89. The number of benzene rings is 3. The van der Waals surface area contributed by atoms with E-state index in [0.717, 1.165) is 6.07 Å². The fraction of sp³-hybridized carbons (Fsp3) is 0.133. The molecule has 6 rings (SSSR count).